The maximum absolute atomic E-state index is 12.3. The predicted molar refractivity (Wildman–Crippen MR) is 91.4 cm³/mol. The fraction of sp³-hybridized carbons (Fsp3) is 0.176. The van der Waals surface area contributed by atoms with Crippen molar-refractivity contribution in [2.45, 2.75) is 20.0 Å². The van der Waals surface area contributed by atoms with Gasteiger partial charge in [0.2, 0.25) is 5.89 Å². The molecule has 0 bridgehead atoms. The van der Waals surface area contributed by atoms with E-state index in [-0.39, 0.29) is 18.0 Å². The highest BCUT2D eigenvalue weighted by Gasteiger charge is 2.14. The first-order valence-electron chi connectivity index (χ1n) is 7.48. The van der Waals surface area contributed by atoms with E-state index in [1.54, 1.807) is 37.3 Å². The lowest BCUT2D eigenvalue weighted by molar-refractivity contribution is 0.469. The maximum atomic E-state index is 12.3. The minimum Gasteiger partial charge on any atom is -0.439 e. The number of hydrogen-bond acceptors (Lipinski definition) is 5. The van der Waals surface area contributed by atoms with E-state index in [1.807, 2.05) is 0 Å². The van der Waals surface area contributed by atoms with Crippen molar-refractivity contribution < 1.29 is 4.42 Å². The van der Waals surface area contributed by atoms with Crippen LogP contribution < -0.4 is 11.2 Å². The Morgan fingerprint density at radius 2 is 2.00 bits per heavy atom. The molecule has 0 aliphatic rings. The molecule has 0 atom stereocenters. The lowest BCUT2D eigenvalue weighted by atomic mass is 10.2. The number of hydrogen-bond donors (Lipinski definition) is 0. The van der Waals surface area contributed by atoms with E-state index < -0.39 is 11.2 Å². The second kappa shape index (κ2) is 6.79. The third kappa shape index (κ3) is 3.25. The Morgan fingerprint density at radius 1 is 1.28 bits per heavy atom. The molecule has 0 saturated carbocycles. The molecule has 0 fully saturated rings. The first kappa shape index (κ1) is 16.7. The van der Waals surface area contributed by atoms with Gasteiger partial charge in [-0.05, 0) is 31.2 Å². The van der Waals surface area contributed by atoms with Gasteiger partial charge in [-0.1, -0.05) is 11.6 Å². The van der Waals surface area contributed by atoms with Crippen LogP contribution in [0.4, 0.5) is 0 Å². The van der Waals surface area contributed by atoms with Gasteiger partial charge in [0.25, 0.3) is 5.56 Å². The molecular weight excluding hydrogens is 344 g/mol. The van der Waals surface area contributed by atoms with E-state index in [1.165, 1.54) is 17.0 Å². The normalized spacial score (nSPS) is 10.6. The average Bonchev–Trinajstić information content (AvgIpc) is 3.08. The zero-order valence-corrected chi connectivity index (χ0v) is 14.0. The van der Waals surface area contributed by atoms with Gasteiger partial charge in [-0.25, -0.2) is 14.3 Å². The molecule has 0 aliphatic heterocycles. The van der Waals surface area contributed by atoms with E-state index in [2.05, 4.69) is 4.98 Å². The Bertz CT molecular complexity index is 1070. The van der Waals surface area contributed by atoms with Gasteiger partial charge in [0, 0.05) is 23.3 Å². The standard InChI is InChI=1S/C17H13ClN4O3/c1-2-21-9-12(7-19)16(23)22(17(21)24)10-15-20-8-14(25-15)11-3-5-13(18)6-4-11/h3-6,8-9H,2,10H2,1H3. The second-order valence-corrected chi connectivity index (χ2v) is 5.68. The van der Waals surface area contributed by atoms with E-state index in [9.17, 15) is 9.59 Å². The monoisotopic (exact) mass is 356 g/mol. The lowest BCUT2D eigenvalue weighted by Crippen LogP contribution is -2.41. The number of nitriles is 1. The number of aryl methyl sites for hydroxylation is 1. The van der Waals surface area contributed by atoms with Crippen LogP contribution in [0.2, 0.25) is 5.02 Å². The molecule has 0 aliphatic carbocycles. The summed E-state index contributed by atoms with van der Waals surface area (Å²) in [6.45, 7) is 1.94. The molecule has 2 aromatic heterocycles. The first-order valence-corrected chi connectivity index (χ1v) is 7.86. The average molecular weight is 357 g/mol. The lowest BCUT2D eigenvalue weighted by Gasteiger charge is -2.07. The summed E-state index contributed by atoms with van der Waals surface area (Å²) in [4.78, 5) is 28.7. The van der Waals surface area contributed by atoms with Crippen molar-refractivity contribution in [3.05, 3.63) is 74.0 Å². The van der Waals surface area contributed by atoms with Crippen LogP contribution in [-0.2, 0) is 13.1 Å². The minimum absolute atomic E-state index is 0.106. The van der Waals surface area contributed by atoms with Gasteiger partial charge in [-0.3, -0.25) is 9.36 Å². The quantitative estimate of drug-likeness (QED) is 0.714. The molecule has 3 aromatic rings. The Labute approximate surface area is 147 Å². The molecule has 3 rings (SSSR count). The second-order valence-electron chi connectivity index (χ2n) is 5.24. The summed E-state index contributed by atoms with van der Waals surface area (Å²) in [5, 5.41) is 9.67. The van der Waals surface area contributed by atoms with Crippen molar-refractivity contribution in [3.63, 3.8) is 0 Å². The van der Waals surface area contributed by atoms with Crippen LogP contribution in [0, 0.1) is 11.3 Å². The number of benzene rings is 1. The number of nitrogens with zero attached hydrogens (tertiary/aromatic N) is 4. The van der Waals surface area contributed by atoms with Crippen LogP contribution in [0.15, 0.2) is 50.7 Å². The third-order valence-electron chi connectivity index (χ3n) is 3.67. The smallest absolute Gasteiger partial charge is 0.331 e. The van der Waals surface area contributed by atoms with Crippen LogP contribution in [-0.4, -0.2) is 14.1 Å². The Hall–Kier alpha value is -3.11. The Morgan fingerprint density at radius 3 is 2.64 bits per heavy atom. The van der Waals surface area contributed by atoms with Gasteiger partial charge in [-0.2, -0.15) is 5.26 Å². The highest BCUT2D eigenvalue weighted by atomic mass is 35.5. The van der Waals surface area contributed by atoms with Gasteiger partial charge >= 0.3 is 5.69 Å². The summed E-state index contributed by atoms with van der Waals surface area (Å²) in [6, 6.07) is 8.80. The summed E-state index contributed by atoms with van der Waals surface area (Å²) in [6.07, 6.45) is 2.77. The van der Waals surface area contributed by atoms with Crippen LogP contribution in [0.5, 0.6) is 0 Å². The molecule has 0 N–H and O–H groups in total. The molecule has 0 spiro atoms. The number of rotatable bonds is 4. The molecule has 8 heteroatoms. The van der Waals surface area contributed by atoms with Gasteiger partial charge in [0.05, 0.1) is 6.20 Å². The van der Waals surface area contributed by atoms with Gasteiger partial charge < -0.3 is 4.42 Å². The fourth-order valence-corrected chi connectivity index (χ4v) is 2.49. The molecule has 0 amide bonds. The van der Waals surface area contributed by atoms with Crippen LogP contribution in [0.25, 0.3) is 11.3 Å². The van der Waals surface area contributed by atoms with E-state index in [0.29, 0.717) is 17.3 Å². The number of oxazole rings is 1. The van der Waals surface area contributed by atoms with E-state index in [0.717, 1.165) is 10.1 Å². The molecule has 2 heterocycles. The molecule has 7 nitrogen and oxygen atoms in total. The van der Waals surface area contributed by atoms with Gasteiger partial charge in [0.15, 0.2) is 5.76 Å². The largest absolute Gasteiger partial charge is 0.439 e. The molecule has 1 aromatic carbocycles. The highest BCUT2D eigenvalue weighted by Crippen LogP contribution is 2.22. The van der Waals surface area contributed by atoms with Crippen molar-refractivity contribution in [1.82, 2.24) is 14.1 Å². The van der Waals surface area contributed by atoms with E-state index >= 15 is 0 Å². The molecular formula is C17H13ClN4O3. The van der Waals surface area contributed by atoms with E-state index in [4.69, 9.17) is 21.3 Å². The molecule has 126 valence electrons. The molecule has 0 saturated heterocycles. The van der Waals surface area contributed by atoms with Crippen molar-refractivity contribution in [1.29, 1.82) is 5.26 Å². The van der Waals surface area contributed by atoms with Crippen LogP contribution in [0.1, 0.15) is 18.4 Å². The van der Waals surface area contributed by atoms with Crippen LogP contribution in [0.3, 0.4) is 0 Å². The Balaban J connectivity index is 1.99. The maximum Gasteiger partial charge on any atom is 0.331 e. The molecule has 25 heavy (non-hydrogen) atoms. The third-order valence-corrected chi connectivity index (χ3v) is 3.93. The van der Waals surface area contributed by atoms with Gasteiger partial charge in [0.1, 0.15) is 18.2 Å². The summed E-state index contributed by atoms with van der Waals surface area (Å²) in [5.41, 5.74) is -0.514. The fourth-order valence-electron chi connectivity index (χ4n) is 2.36. The summed E-state index contributed by atoms with van der Waals surface area (Å²) in [5.74, 6) is 0.689. The number of aromatic nitrogens is 3. The SMILES string of the molecule is CCn1cc(C#N)c(=O)n(Cc2ncc(-c3ccc(Cl)cc3)o2)c1=O. The highest BCUT2D eigenvalue weighted by molar-refractivity contribution is 6.30. The predicted octanol–water partition coefficient (Wildman–Crippen LogP) is 2.26. The van der Waals surface area contributed by atoms with Crippen molar-refractivity contribution >= 4 is 11.6 Å². The zero-order chi connectivity index (χ0) is 18.0. The summed E-state index contributed by atoms with van der Waals surface area (Å²) in [7, 11) is 0. The van der Waals surface area contributed by atoms with Crippen molar-refractivity contribution in [2.24, 2.45) is 0 Å². The number of halogens is 1. The summed E-state index contributed by atoms with van der Waals surface area (Å²) < 4.78 is 7.86. The summed E-state index contributed by atoms with van der Waals surface area (Å²) >= 11 is 5.86. The van der Waals surface area contributed by atoms with Crippen molar-refractivity contribution in [2.75, 3.05) is 0 Å². The Kier molecular flexibility index (Phi) is 4.55. The van der Waals surface area contributed by atoms with Gasteiger partial charge in [-0.15, -0.1) is 0 Å². The topological polar surface area (TPSA) is 93.8 Å². The zero-order valence-electron chi connectivity index (χ0n) is 13.3. The van der Waals surface area contributed by atoms with Crippen LogP contribution >= 0.6 is 11.6 Å². The first-order chi connectivity index (χ1) is 12.0. The molecule has 0 radical (unpaired) electrons. The minimum atomic E-state index is -0.663. The van der Waals surface area contributed by atoms with Crippen molar-refractivity contribution in [3.8, 4) is 17.4 Å². The molecule has 0 unspecified atom stereocenters.